The fraction of sp³-hybridized carbons (Fsp3) is 0.500. The molecule has 1 fully saturated rings. The maximum Gasteiger partial charge on any atom is 0.303 e. The zero-order chi connectivity index (χ0) is 19.9. The van der Waals surface area contributed by atoms with Crippen molar-refractivity contribution < 1.29 is 29.0 Å². The monoisotopic (exact) mass is 386 g/mol. The van der Waals surface area contributed by atoms with Gasteiger partial charge in [-0.05, 0) is 49.5 Å². The maximum absolute atomic E-state index is 12.5. The van der Waals surface area contributed by atoms with Crippen molar-refractivity contribution in [2.75, 3.05) is 6.79 Å². The average Bonchev–Trinajstić information content (AvgIpc) is 3.28. The van der Waals surface area contributed by atoms with Crippen LogP contribution in [0, 0.1) is 11.8 Å². The lowest BCUT2D eigenvalue weighted by Gasteiger charge is -2.14. The molecule has 1 aliphatic heterocycles. The van der Waals surface area contributed by atoms with Gasteiger partial charge in [-0.3, -0.25) is 14.4 Å². The lowest BCUT2D eigenvalue weighted by atomic mass is 9.89. The van der Waals surface area contributed by atoms with Crippen LogP contribution in [0.4, 0.5) is 0 Å². The van der Waals surface area contributed by atoms with Crippen LogP contribution in [0.3, 0.4) is 0 Å². The number of fused-ring (bicyclic) bond motifs is 1. The van der Waals surface area contributed by atoms with Crippen LogP contribution in [-0.2, 0) is 9.59 Å². The molecule has 2 atom stereocenters. The van der Waals surface area contributed by atoms with Gasteiger partial charge in [0, 0.05) is 24.3 Å². The Morgan fingerprint density at radius 2 is 1.89 bits per heavy atom. The highest BCUT2D eigenvalue weighted by Crippen LogP contribution is 2.35. The van der Waals surface area contributed by atoms with Gasteiger partial charge in [-0.1, -0.05) is 25.3 Å². The molecule has 150 valence electrons. The van der Waals surface area contributed by atoms with E-state index in [1.165, 1.54) is 0 Å². The highest BCUT2D eigenvalue weighted by molar-refractivity contribution is 6.05. The van der Waals surface area contributed by atoms with Gasteiger partial charge in [0.05, 0.1) is 0 Å². The summed E-state index contributed by atoms with van der Waals surface area (Å²) in [6, 6.07) is 5.13. The van der Waals surface area contributed by atoms with Gasteiger partial charge in [-0.15, -0.1) is 0 Å². The predicted molar refractivity (Wildman–Crippen MR) is 103 cm³/mol. The Hall–Kier alpha value is -2.63. The summed E-state index contributed by atoms with van der Waals surface area (Å²) in [4.78, 5) is 35.2. The maximum atomic E-state index is 12.5. The van der Waals surface area contributed by atoms with Crippen molar-refractivity contribution in [3.63, 3.8) is 0 Å². The van der Waals surface area contributed by atoms with E-state index in [4.69, 9.17) is 14.6 Å². The van der Waals surface area contributed by atoms with E-state index >= 15 is 0 Å². The van der Waals surface area contributed by atoms with E-state index in [-0.39, 0.29) is 36.6 Å². The van der Waals surface area contributed by atoms with Gasteiger partial charge >= 0.3 is 5.97 Å². The molecule has 2 unspecified atom stereocenters. The van der Waals surface area contributed by atoms with E-state index in [0.29, 0.717) is 29.9 Å². The summed E-state index contributed by atoms with van der Waals surface area (Å²) >= 11 is 0. The number of allylic oxidation sites excluding steroid dienone is 2. The minimum absolute atomic E-state index is 0.0275. The molecule has 1 aliphatic carbocycles. The number of hydrogen-bond acceptors (Lipinski definition) is 5. The molecule has 1 heterocycles. The van der Waals surface area contributed by atoms with Gasteiger partial charge < -0.3 is 14.6 Å². The summed E-state index contributed by atoms with van der Waals surface area (Å²) in [5.41, 5.74) is 0.541. The highest BCUT2D eigenvalue weighted by atomic mass is 16.7. The largest absolute Gasteiger partial charge is 0.481 e. The number of aliphatic carboxylic acids is 1. The molecule has 1 aromatic rings. The second-order valence-electron chi connectivity index (χ2n) is 7.41. The molecule has 1 saturated carbocycles. The Labute approximate surface area is 164 Å². The van der Waals surface area contributed by atoms with Crippen molar-refractivity contribution >= 4 is 17.5 Å². The molecule has 0 amide bonds. The molecule has 0 spiro atoms. The lowest BCUT2D eigenvalue weighted by molar-refractivity contribution is -0.137. The molecule has 1 aromatic carbocycles. The van der Waals surface area contributed by atoms with Crippen LogP contribution in [0.2, 0.25) is 0 Å². The minimum Gasteiger partial charge on any atom is -0.481 e. The van der Waals surface area contributed by atoms with Crippen LogP contribution >= 0.6 is 0 Å². The van der Waals surface area contributed by atoms with Gasteiger partial charge in [-0.25, -0.2) is 0 Å². The standard InChI is InChI=1S/C22H26O6/c23-18(16-9-12-20-21(13-16)28-14-27-20)10-7-15-8-11-19(24)17(15)5-3-1-2-4-6-22(25)26/h7,9-10,12-13,15,17H,1-6,8,11,14H2,(H,25,26)/b10-7+. The van der Waals surface area contributed by atoms with Crippen LogP contribution in [0.15, 0.2) is 30.4 Å². The molecule has 2 aliphatic rings. The first-order valence-electron chi connectivity index (χ1n) is 9.91. The van der Waals surface area contributed by atoms with Crippen molar-refractivity contribution in [2.24, 2.45) is 11.8 Å². The molecule has 6 heteroatoms. The van der Waals surface area contributed by atoms with Crippen LogP contribution in [0.1, 0.15) is 61.7 Å². The van der Waals surface area contributed by atoms with Crippen molar-refractivity contribution in [1.29, 1.82) is 0 Å². The molecular weight excluding hydrogens is 360 g/mol. The first-order chi connectivity index (χ1) is 13.5. The molecule has 0 saturated heterocycles. The van der Waals surface area contributed by atoms with Crippen molar-refractivity contribution in [3.8, 4) is 11.5 Å². The summed E-state index contributed by atoms with van der Waals surface area (Å²) in [6.07, 6.45) is 9.21. The number of hydrogen-bond donors (Lipinski definition) is 1. The van der Waals surface area contributed by atoms with Crippen LogP contribution in [0.25, 0.3) is 0 Å². The average molecular weight is 386 g/mol. The molecular formula is C22H26O6. The number of rotatable bonds is 10. The topological polar surface area (TPSA) is 89.9 Å². The second-order valence-corrected chi connectivity index (χ2v) is 7.41. The van der Waals surface area contributed by atoms with E-state index < -0.39 is 5.97 Å². The number of ketones is 2. The van der Waals surface area contributed by atoms with Crippen molar-refractivity contribution in [2.45, 2.75) is 51.4 Å². The van der Waals surface area contributed by atoms with E-state index in [2.05, 4.69) is 0 Å². The number of unbranched alkanes of at least 4 members (excludes halogenated alkanes) is 3. The summed E-state index contributed by atoms with van der Waals surface area (Å²) in [6.45, 7) is 0.172. The molecule has 6 nitrogen and oxygen atoms in total. The highest BCUT2D eigenvalue weighted by Gasteiger charge is 2.32. The van der Waals surface area contributed by atoms with Crippen LogP contribution < -0.4 is 9.47 Å². The number of carbonyl (C=O) groups is 3. The zero-order valence-corrected chi connectivity index (χ0v) is 15.9. The van der Waals surface area contributed by atoms with Gasteiger partial charge in [0.1, 0.15) is 5.78 Å². The van der Waals surface area contributed by atoms with Crippen LogP contribution in [-0.4, -0.2) is 29.4 Å². The molecule has 1 N–H and O–H groups in total. The smallest absolute Gasteiger partial charge is 0.303 e. The number of carboxylic acid groups (broad SMARTS) is 1. The Kier molecular flexibility index (Phi) is 6.85. The summed E-state index contributed by atoms with van der Waals surface area (Å²) in [5, 5.41) is 8.65. The predicted octanol–water partition coefficient (Wildman–Crippen LogP) is 4.17. The van der Waals surface area contributed by atoms with E-state index in [1.807, 2.05) is 6.08 Å². The Balaban J connectivity index is 1.49. The second kappa shape index (κ2) is 9.53. The summed E-state index contributed by atoms with van der Waals surface area (Å²) < 4.78 is 10.6. The molecule has 0 aromatic heterocycles. The van der Waals surface area contributed by atoms with Gasteiger partial charge in [0.2, 0.25) is 6.79 Å². The fourth-order valence-corrected chi connectivity index (χ4v) is 3.89. The molecule has 3 rings (SSSR count). The number of ether oxygens (including phenoxy) is 2. The third-order valence-electron chi connectivity index (χ3n) is 5.46. The number of benzene rings is 1. The van der Waals surface area contributed by atoms with Crippen molar-refractivity contribution in [1.82, 2.24) is 0 Å². The molecule has 0 radical (unpaired) electrons. The molecule has 28 heavy (non-hydrogen) atoms. The van der Waals surface area contributed by atoms with E-state index in [1.54, 1.807) is 24.3 Å². The Bertz CT molecular complexity index is 766. The quantitative estimate of drug-likeness (QED) is 0.369. The van der Waals surface area contributed by atoms with Gasteiger partial charge in [-0.2, -0.15) is 0 Å². The fourth-order valence-electron chi connectivity index (χ4n) is 3.89. The summed E-state index contributed by atoms with van der Waals surface area (Å²) in [5.74, 6) is 0.704. The van der Waals surface area contributed by atoms with Crippen molar-refractivity contribution in [3.05, 3.63) is 35.9 Å². The molecule has 0 bridgehead atoms. The number of Topliss-reactive ketones (excluding diaryl/α,β-unsaturated/α-hetero) is 1. The minimum atomic E-state index is -0.761. The Morgan fingerprint density at radius 3 is 2.71 bits per heavy atom. The zero-order valence-electron chi connectivity index (χ0n) is 15.9. The van der Waals surface area contributed by atoms with E-state index in [9.17, 15) is 14.4 Å². The number of carboxylic acids is 1. The van der Waals surface area contributed by atoms with E-state index in [0.717, 1.165) is 32.1 Å². The lowest BCUT2D eigenvalue weighted by Crippen LogP contribution is -2.13. The van der Waals surface area contributed by atoms with Gasteiger partial charge in [0.15, 0.2) is 17.3 Å². The third kappa shape index (κ3) is 5.21. The first-order valence-corrected chi connectivity index (χ1v) is 9.91. The Morgan fingerprint density at radius 1 is 1.11 bits per heavy atom. The summed E-state index contributed by atoms with van der Waals surface area (Å²) in [7, 11) is 0. The third-order valence-corrected chi connectivity index (χ3v) is 5.46. The first kappa shape index (κ1) is 20.1. The normalized spacial score (nSPS) is 20.8. The van der Waals surface area contributed by atoms with Gasteiger partial charge in [0.25, 0.3) is 0 Å². The number of carbonyl (C=O) groups excluding carboxylic acids is 2. The SMILES string of the molecule is O=C(O)CCCCCCC1C(=O)CCC1/C=C/C(=O)c1ccc2c(c1)OCO2. The van der Waals surface area contributed by atoms with Crippen LogP contribution in [0.5, 0.6) is 11.5 Å².